The molecule has 0 aliphatic heterocycles. The molecule has 1 aliphatic carbocycles. The highest BCUT2D eigenvalue weighted by Gasteiger charge is 2.20. The minimum absolute atomic E-state index is 0.0792. The van der Waals surface area contributed by atoms with Crippen LogP contribution in [0.5, 0.6) is 0 Å². The number of hydrogen-bond acceptors (Lipinski definition) is 4. The molecule has 0 aromatic heterocycles. The van der Waals surface area contributed by atoms with Gasteiger partial charge in [-0.25, -0.2) is 0 Å². The maximum atomic E-state index is 11.4. The lowest BCUT2D eigenvalue weighted by Crippen LogP contribution is -2.31. The van der Waals surface area contributed by atoms with Crippen molar-refractivity contribution in [2.45, 2.75) is 51.9 Å². The third-order valence-electron chi connectivity index (χ3n) is 3.92. The summed E-state index contributed by atoms with van der Waals surface area (Å²) < 4.78 is 5.11. The standard InChI is InChI=1S/C15H30N2O2/c1-2-3-9-19-15(18)7-8-17-12-14-6-4-5-13(10-14)11-16/h13-14,17H,2-12,16H2,1H3. The van der Waals surface area contributed by atoms with Gasteiger partial charge in [-0.3, -0.25) is 4.79 Å². The number of unbranched alkanes of at least 4 members (excludes halogenated alkanes) is 1. The van der Waals surface area contributed by atoms with Gasteiger partial charge in [0.2, 0.25) is 0 Å². The molecule has 2 atom stereocenters. The molecule has 0 spiro atoms. The Kier molecular flexibility index (Phi) is 8.84. The van der Waals surface area contributed by atoms with Gasteiger partial charge in [-0.05, 0) is 50.6 Å². The second-order valence-electron chi connectivity index (χ2n) is 5.66. The summed E-state index contributed by atoms with van der Waals surface area (Å²) in [5.74, 6) is 1.36. The fourth-order valence-corrected chi connectivity index (χ4v) is 2.70. The van der Waals surface area contributed by atoms with Crippen LogP contribution in [-0.2, 0) is 9.53 Å². The van der Waals surface area contributed by atoms with Gasteiger partial charge < -0.3 is 15.8 Å². The first-order chi connectivity index (χ1) is 9.26. The molecule has 0 aromatic carbocycles. The summed E-state index contributed by atoms with van der Waals surface area (Å²) >= 11 is 0. The lowest BCUT2D eigenvalue weighted by atomic mass is 9.81. The molecule has 3 N–H and O–H groups in total. The number of rotatable bonds is 9. The number of carbonyl (C=O) groups excluding carboxylic acids is 1. The van der Waals surface area contributed by atoms with E-state index in [1.807, 2.05) is 0 Å². The molecule has 0 aromatic rings. The fourth-order valence-electron chi connectivity index (χ4n) is 2.70. The quantitative estimate of drug-likeness (QED) is 0.497. The number of esters is 1. The van der Waals surface area contributed by atoms with E-state index in [1.165, 1.54) is 25.7 Å². The molecule has 2 unspecified atom stereocenters. The van der Waals surface area contributed by atoms with Crippen LogP contribution in [0.15, 0.2) is 0 Å². The van der Waals surface area contributed by atoms with Crippen LogP contribution in [0, 0.1) is 11.8 Å². The molecule has 112 valence electrons. The summed E-state index contributed by atoms with van der Waals surface area (Å²) in [4.78, 5) is 11.4. The molecule has 1 fully saturated rings. The highest BCUT2D eigenvalue weighted by Crippen LogP contribution is 2.27. The van der Waals surface area contributed by atoms with Gasteiger partial charge in [0.1, 0.15) is 0 Å². The van der Waals surface area contributed by atoms with Crippen molar-refractivity contribution in [2.24, 2.45) is 17.6 Å². The van der Waals surface area contributed by atoms with E-state index >= 15 is 0 Å². The highest BCUT2D eigenvalue weighted by atomic mass is 16.5. The second kappa shape index (κ2) is 10.2. The Labute approximate surface area is 117 Å². The van der Waals surface area contributed by atoms with E-state index in [0.29, 0.717) is 18.9 Å². The second-order valence-corrected chi connectivity index (χ2v) is 5.66. The van der Waals surface area contributed by atoms with Crippen molar-refractivity contribution in [1.29, 1.82) is 0 Å². The molecule has 0 heterocycles. The third-order valence-corrected chi connectivity index (χ3v) is 3.92. The Morgan fingerprint density at radius 2 is 2.16 bits per heavy atom. The average Bonchev–Trinajstić information content (AvgIpc) is 2.44. The van der Waals surface area contributed by atoms with E-state index in [4.69, 9.17) is 10.5 Å². The number of carbonyl (C=O) groups is 1. The van der Waals surface area contributed by atoms with Crippen molar-refractivity contribution >= 4 is 5.97 Å². The molecule has 4 nitrogen and oxygen atoms in total. The summed E-state index contributed by atoms with van der Waals surface area (Å²) in [7, 11) is 0. The minimum Gasteiger partial charge on any atom is -0.466 e. The third kappa shape index (κ3) is 7.53. The van der Waals surface area contributed by atoms with Crippen LogP contribution in [0.25, 0.3) is 0 Å². The van der Waals surface area contributed by atoms with Crippen molar-refractivity contribution in [3.05, 3.63) is 0 Å². The average molecular weight is 270 g/mol. The smallest absolute Gasteiger partial charge is 0.307 e. The van der Waals surface area contributed by atoms with Crippen LogP contribution in [0.4, 0.5) is 0 Å². The largest absolute Gasteiger partial charge is 0.466 e. The Bertz CT molecular complexity index is 246. The highest BCUT2D eigenvalue weighted by molar-refractivity contribution is 5.69. The molecule has 0 saturated heterocycles. The summed E-state index contributed by atoms with van der Waals surface area (Å²) in [5, 5.41) is 3.38. The van der Waals surface area contributed by atoms with E-state index in [0.717, 1.165) is 38.4 Å². The van der Waals surface area contributed by atoms with Gasteiger partial charge in [0.25, 0.3) is 0 Å². The predicted octanol–water partition coefficient (Wildman–Crippen LogP) is 2.07. The first-order valence-corrected chi connectivity index (χ1v) is 7.82. The van der Waals surface area contributed by atoms with Gasteiger partial charge in [-0.1, -0.05) is 19.8 Å². The van der Waals surface area contributed by atoms with Crippen LogP contribution in [-0.4, -0.2) is 32.2 Å². The van der Waals surface area contributed by atoms with Crippen LogP contribution < -0.4 is 11.1 Å². The van der Waals surface area contributed by atoms with Crippen molar-refractivity contribution in [1.82, 2.24) is 5.32 Å². The summed E-state index contributed by atoms with van der Waals surface area (Å²) in [5.41, 5.74) is 5.74. The van der Waals surface area contributed by atoms with Gasteiger partial charge in [0.15, 0.2) is 0 Å². The van der Waals surface area contributed by atoms with Gasteiger partial charge in [-0.15, -0.1) is 0 Å². The van der Waals surface area contributed by atoms with Gasteiger partial charge >= 0.3 is 5.97 Å². The van der Waals surface area contributed by atoms with Crippen LogP contribution in [0.2, 0.25) is 0 Å². The van der Waals surface area contributed by atoms with E-state index in [2.05, 4.69) is 12.2 Å². The lowest BCUT2D eigenvalue weighted by Gasteiger charge is -2.28. The first-order valence-electron chi connectivity index (χ1n) is 7.82. The zero-order valence-corrected chi connectivity index (χ0v) is 12.3. The lowest BCUT2D eigenvalue weighted by molar-refractivity contribution is -0.143. The zero-order valence-electron chi connectivity index (χ0n) is 12.3. The van der Waals surface area contributed by atoms with Crippen molar-refractivity contribution in [3.63, 3.8) is 0 Å². The molecule has 0 radical (unpaired) electrons. The SMILES string of the molecule is CCCCOC(=O)CCNCC1CCCC(CN)C1. The number of hydrogen-bond donors (Lipinski definition) is 2. The van der Waals surface area contributed by atoms with E-state index < -0.39 is 0 Å². The van der Waals surface area contributed by atoms with E-state index in [9.17, 15) is 4.79 Å². The Hall–Kier alpha value is -0.610. The van der Waals surface area contributed by atoms with Crippen molar-refractivity contribution in [3.8, 4) is 0 Å². The number of nitrogens with two attached hydrogens (primary N) is 1. The zero-order chi connectivity index (χ0) is 13.9. The van der Waals surface area contributed by atoms with E-state index in [1.54, 1.807) is 0 Å². The van der Waals surface area contributed by atoms with Crippen LogP contribution in [0.3, 0.4) is 0 Å². The molecular formula is C15H30N2O2. The summed E-state index contributed by atoms with van der Waals surface area (Å²) in [6.45, 7) is 5.22. The topological polar surface area (TPSA) is 64.3 Å². The molecular weight excluding hydrogens is 240 g/mol. The fraction of sp³-hybridized carbons (Fsp3) is 0.933. The normalized spacial score (nSPS) is 23.3. The monoisotopic (exact) mass is 270 g/mol. The molecule has 0 amide bonds. The van der Waals surface area contributed by atoms with Gasteiger partial charge in [-0.2, -0.15) is 0 Å². The number of nitrogens with one attached hydrogen (secondary N) is 1. The summed E-state index contributed by atoms with van der Waals surface area (Å²) in [6, 6.07) is 0. The Morgan fingerprint density at radius 1 is 1.37 bits per heavy atom. The van der Waals surface area contributed by atoms with Gasteiger partial charge in [0.05, 0.1) is 13.0 Å². The molecule has 4 heteroatoms. The minimum atomic E-state index is -0.0792. The Balaban J connectivity index is 1.99. The Morgan fingerprint density at radius 3 is 2.89 bits per heavy atom. The van der Waals surface area contributed by atoms with E-state index in [-0.39, 0.29) is 5.97 Å². The van der Waals surface area contributed by atoms with Gasteiger partial charge in [0, 0.05) is 6.54 Å². The van der Waals surface area contributed by atoms with Crippen molar-refractivity contribution in [2.75, 3.05) is 26.2 Å². The first kappa shape index (κ1) is 16.4. The van der Waals surface area contributed by atoms with Crippen LogP contribution in [0.1, 0.15) is 51.9 Å². The molecule has 19 heavy (non-hydrogen) atoms. The molecule has 1 rings (SSSR count). The summed E-state index contributed by atoms with van der Waals surface area (Å²) in [6.07, 6.45) is 7.63. The van der Waals surface area contributed by atoms with Crippen LogP contribution >= 0.6 is 0 Å². The maximum Gasteiger partial charge on any atom is 0.307 e. The molecule has 1 saturated carbocycles. The predicted molar refractivity (Wildman–Crippen MR) is 77.9 cm³/mol. The number of ether oxygens (including phenoxy) is 1. The molecule has 1 aliphatic rings. The molecule has 0 bridgehead atoms. The maximum absolute atomic E-state index is 11.4. The van der Waals surface area contributed by atoms with Crippen molar-refractivity contribution < 1.29 is 9.53 Å².